The zero-order valence-corrected chi connectivity index (χ0v) is 13.8. The normalized spacial score (nSPS) is 15.3. The number of nitrogens with one attached hydrogen (secondary N) is 1. The molecule has 1 N–H and O–H groups in total. The van der Waals surface area contributed by atoms with Crippen molar-refractivity contribution in [3.8, 4) is 0 Å². The van der Waals surface area contributed by atoms with Crippen molar-refractivity contribution < 1.29 is 9.18 Å². The molecule has 2 aromatic carbocycles. The van der Waals surface area contributed by atoms with Gasteiger partial charge < -0.3 is 10.2 Å². The summed E-state index contributed by atoms with van der Waals surface area (Å²) < 4.78 is 13.8. The van der Waals surface area contributed by atoms with Crippen LogP contribution in [-0.4, -0.2) is 43.5 Å². The highest BCUT2D eigenvalue weighted by Crippen LogP contribution is 2.17. The maximum Gasteiger partial charge on any atom is 0.238 e. The van der Waals surface area contributed by atoms with Crippen LogP contribution >= 0.6 is 0 Å². The predicted octanol–water partition coefficient (Wildman–Crippen LogP) is 2.89. The van der Waals surface area contributed by atoms with Crippen LogP contribution in [0.2, 0.25) is 0 Å². The lowest BCUT2D eigenvalue weighted by molar-refractivity contribution is -0.117. The van der Waals surface area contributed by atoms with Gasteiger partial charge in [-0.3, -0.25) is 9.69 Å². The average Bonchev–Trinajstić information content (AvgIpc) is 2.59. The molecular weight excluding hydrogens is 305 g/mol. The van der Waals surface area contributed by atoms with Gasteiger partial charge in [0, 0.05) is 31.9 Å². The van der Waals surface area contributed by atoms with Gasteiger partial charge in [-0.1, -0.05) is 24.3 Å². The number of piperazine rings is 1. The van der Waals surface area contributed by atoms with E-state index in [1.54, 1.807) is 12.1 Å². The largest absolute Gasteiger partial charge is 0.369 e. The molecular formula is C19H22FN3O. The first-order valence-electron chi connectivity index (χ1n) is 8.20. The second-order valence-corrected chi connectivity index (χ2v) is 6.13. The summed E-state index contributed by atoms with van der Waals surface area (Å²) in [5.74, 6) is -0.567. The number of carbonyl (C=O) groups excluding carboxylic acids is 1. The first kappa shape index (κ1) is 16.5. The van der Waals surface area contributed by atoms with Gasteiger partial charge in [0.25, 0.3) is 0 Å². The highest BCUT2D eigenvalue weighted by Gasteiger charge is 2.19. The van der Waals surface area contributed by atoms with Gasteiger partial charge in [0.1, 0.15) is 5.82 Å². The van der Waals surface area contributed by atoms with Gasteiger partial charge in [0.15, 0.2) is 0 Å². The van der Waals surface area contributed by atoms with Gasteiger partial charge >= 0.3 is 0 Å². The van der Waals surface area contributed by atoms with Crippen molar-refractivity contribution in [2.24, 2.45) is 0 Å². The number of aryl methyl sites for hydroxylation is 1. The van der Waals surface area contributed by atoms with Crippen LogP contribution in [0.5, 0.6) is 0 Å². The third-order valence-corrected chi connectivity index (χ3v) is 4.26. The van der Waals surface area contributed by atoms with E-state index < -0.39 is 5.82 Å². The molecule has 1 aliphatic heterocycles. The Morgan fingerprint density at radius 1 is 1.08 bits per heavy atom. The van der Waals surface area contributed by atoms with Gasteiger partial charge in [-0.15, -0.1) is 0 Å². The Bertz CT molecular complexity index is 697. The molecule has 0 bridgehead atoms. The van der Waals surface area contributed by atoms with Crippen molar-refractivity contribution in [2.45, 2.75) is 6.92 Å². The number of amides is 1. The van der Waals surface area contributed by atoms with E-state index in [2.05, 4.69) is 27.2 Å². The predicted molar refractivity (Wildman–Crippen MR) is 94.9 cm³/mol. The summed E-state index contributed by atoms with van der Waals surface area (Å²) in [5, 5.41) is 2.66. The van der Waals surface area contributed by atoms with Gasteiger partial charge in [-0.2, -0.15) is 0 Å². The van der Waals surface area contributed by atoms with Crippen LogP contribution in [0.3, 0.4) is 0 Å². The average molecular weight is 327 g/mol. The van der Waals surface area contributed by atoms with E-state index in [0.29, 0.717) is 0 Å². The molecule has 0 unspecified atom stereocenters. The number of hydrogen-bond acceptors (Lipinski definition) is 3. The molecule has 3 rings (SSSR count). The van der Waals surface area contributed by atoms with Crippen LogP contribution in [0, 0.1) is 12.7 Å². The summed E-state index contributed by atoms with van der Waals surface area (Å²) in [6, 6.07) is 15.1. The Morgan fingerprint density at radius 2 is 1.79 bits per heavy atom. The molecule has 1 fully saturated rings. The number of carbonyl (C=O) groups is 1. The molecule has 126 valence electrons. The molecule has 0 radical (unpaired) electrons. The quantitative estimate of drug-likeness (QED) is 0.938. The van der Waals surface area contributed by atoms with Crippen LogP contribution in [-0.2, 0) is 4.79 Å². The summed E-state index contributed by atoms with van der Waals surface area (Å²) in [6.45, 7) is 5.51. The fraction of sp³-hybridized carbons (Fsp3) is 0.316. The lowest BCUT2D eigenvalue weighted by atomic mass is 10.2. The smallest absolute Gasteiger partial charge is 0.238 e. The van der Waals surface area contributed by atoms with Crippen molar-refractivity contribution in [1.29, 1.82) is 0 Å². The van der Waals surface area contributed by atoms with Gasteiger partial charge in [0.2, 0.25) is 5.91 Å². The van der Waals surface area contributed by atoms with Crippen LogP contribution in [0.15, 0.2) is 48.5 Å². The van der Waals surface area contributed by atoms with Crippen LogP contribution in [0.25, 0.3) is 0 Å². The minimum absolute atomic E-state index is 0.175. The molecule has 0 aliphatic carbocycles. The molecule has 1 aliphatic rings. The number of rotatable bonds is 4. The maximum atomic E-state index is 13.8. The molecule has 0 spiro atoms. The maximum absolute atomic E-state index is 13.8. The van der Waals surface area contributed by atoms with Crippen molar-refractivity contribution in [3.05, 3.63) is 59.9 Å². The molecule has 2 aromatic rings. The standard InChI is InChI=1S/C19H22FN3O/c1-15-7-8-18(17(20)13-15)21-19(24)14-22-9-11-23(12-10-22)16-5-3-2-4-6-16/h2-8,13H,9-12,14H2,1H3,(H,21,24). The van der Waals surface area contributed by atoms with E-state index in [4.69, 9.17) is 0 Å². The number of benzene rings is 2. The lowest BCUT2D eigenvalue weighted by Crippen LogP contribution is -2.48. The molecule has 0 atom stereocenters. The number of nitrogens with zero attached hydrogens (tertiary/aromatic N) is 2. The molecule has 4 nitrogen and oxygen atoms in total. The second kappa shape index (κ2) is 7.45. The third-order valence-electron chi connectivity index (χ3n) is 4.26. The molecule has 1 saturated heterocycles. The fourth-order valence-electron chi connectivity index (χ4n) is 2.92. The van der Waals surface area contributed by atoms with E-state index in [9.17, 15) is 9.18 Å². The zero-order chi connectivity index (χ0) is 16.9. The number of halogens is 1. The van der Waals surface area contributed by atoms with Crippen molar-refractivity contribution in [3.63, 3.8) is 0 Å². The summed E-state index contributed by atoms with van der Waals surface area (Å²) in [5.41, 5.74) is 2.29. The highest BCUT2D eigenvalue weighted by molar-refractivity contribution is 5.92. The Hall–Kier alpha value is -2.40. The molecule has 0 aromatic heterocycles. The monoisotopic (exact) mass is 327 g/mol. The minimum Gasteiger partial charge on any atom is -0.369 e. The number of hydrogen-bond donors (Lipinski definition) is 1. The zero-order valence-electron chi connectivity index (χ0n) is 13.8. The van der Waals surface area contributed by atoms with E-state index >= 15 is 0 Å². The van der Waals surface area contributed by atoms with Gasteiger partial charge in [-0.25, -0.2) is 4.39 Å². The van der Waals surface area contributed by atoms with Crippen molar-refractivity contribution in [2.75, 3.05) is 42.9 Å². The first-order valence-corrected chi connectivity index (χ1v) is 8.20. The molecule has 1 amide bonds. The Kier molecular flexibility index (Phi) is 5.11. The van der Waals surface area contributed by atoms with Crippen molar-refractivity contribution in [1.82, 2.24) is 4.90 Å². The van der Waals surface area contributed by atoms with Crippen LogP contribution in [0.1, 0.15) is 5.56 Å². The Morgan fingerprint density at radius 3 is 2.46 bits per heavy atom. The van der Waals surface area contributed by atoms with Gasteiger partial charge in [-0.05, 0) is 36.8 Å². The van der Waals surface area contributed by atoms with E-state index in [1.807, 2.05) is 25.1 Å². The molecule has 1 heterocycles. The summed E-state index contributed by atoms with van der Waals surface area (Å²) in [4.78, 5) is 16.5. The lowest BCUT2D eigenvalue weighted by Gasteiger charge is -2.35. The SMILES string of the molecule is Cc1ccc(NC(=O)CN2CCN(c3ccccc3)CC2)c(F)c1. The van der Waals surface area contributed by atoms with Crippen LogP contribution in [0.4, 0.5) is 15.8 Å². The van der Waals surface area contributed by atoms with E-state index in [1.165, 1.54) is 11.8 Å². The first-order chi connectivity index (χ1) is 11.6. The number of anilines is 2. The van der Waals surface area contributed by atoms with Crippen LogP contribution < -0.4 is 10.2 Å². The minimum atomic E-state index is -0.391. The molecule has 0 saturated carbocycles. The third kappa shape index (κ3) is 4.11. The second-order valence-electron chi connectivity index (χ2n) is 6.13. The summed E-state index contributed by atoms with van der Waals surface area (Å²) in [7, 11) is 0. The van der Waals surface area contributed by atoms with Gasteiger partial charge in [0.05, 0.1) is 12.2 Å². The van der Waals surface area contributed by atoms with Crippen molar-refractivity contribution >= 4 is 17.3 Å². The summed E-state index contributed by atoms with van der Waals surface area (Å²) >= 11 is 0. The topological polar surface area (TPSA) is 35.6 Å². The fourth-order valence-corrected chi connectivity index (χ4v) is 2.92. The number of para-hydroxylation sites is 1. The Labute approximate surface area is 141 Å². The molecule has 5 heteroatoms. The summed E-state index contributed by atoms with van der Waals surface area (Å²) in [6.07, 6.45) is 0. The highest BCUT2D eigenvalue weighted by atomic mass is 19.1. The molecule has 24 heavy (non-hydrogen) atoms. The van der Waals surface area contributed by atoms with E-state index in [-0.39, 0.29) is 18.1 Å². The Balaban J connectivity index is 1.50. The van der Waals surface area contributed by atoms with E-state index in [0.717, 1.165) is 31.7 Å².